The smallest absolute Gasteiger partial charge is 0.407 e. The number of carbonyl (C=O) groups is 2. The highest BCUT2D eigenvalue weighted by atomic mass is 16.5. The van der Waals surface area contributed by atoms with Crippen molar-refractivity contribution >= 4 is 22.8 Å². The molecule has 6 heteroatoms. The Balaban J connectivity index is 1.72. The van der Waals surface area contributed by atoms with Crippen molar-refractivity contribution in [1.29, 1.82) is 0 Å². The molecule has 0 radical (unpaired) electrons. The molecule has 1 fully saturated rings. The number of benzene rings is 3. The topological polar surface area (TPSA) is 76.1 Å². The second-order valence-electron chi connectivity index (χ2n) is 7.02. The number of ether oxygens (including phenoxy) is 2. The SMILES string of the molecule is COC(=O)c1ccc(O[C@H]2CCN(C(=O)O)C2)c(-c2ccc3ccccc3c2)c1. The number of hydrogen-bond acceptors (Lipinski definition) is 4. The molecule has 1 heterocycles. The number of rotatable bonds is 4. The Bertz CT molecular complexity index is 1080. The monoisotopic (exact) mass is 391 g/mol. The lowest BCUT2D eigenvalue weighted by molar-refractivity contribution is 0.0600. The molecule has 1 aliphatic rings. The van der Waals surface area contributed by atoms with Gasteiger partial charge in [0.05, 0.1) is 19.2 Å². The summed E-state index contributed by atoms with van der Waals surface area (Å²) >= 11 is 0. The van der Waals surface area contributed by atoms with E-state index in [-0.39, 0.29) is 6.10 Å². The number of amides is 1. The molecular weight excluding hydrogens is 370 g/mol. The van der Waals surface area contributed by atoms with E-state index in [2.05, 4.69) is 6.07 Å². The minimum Gasteiger partial charge on any atom is -0.488 e. The minimum absolute atomic E-state index is 0.228. The van der Waals surface area contributed by atoms with Gasteiger partial charge in [0.15, 0.2) is 0 Å². The summed E-state index contributed by atoms with van der Waals surface area (Å²) in [6.07, 6.45) is -0.538. The summed E-state index contributed by atoms with van der Waals surface area (Å²) in [4.78, 5) is 24.6. The molecule has 0 unspecified atom stereocenters. The lowest BCUT2D eigenvalue weighted by Gasteiger charge is -2.18. The summed E-state index contributed by atoms with van der Waals surface area (Å²) in [5, 5.41) is 11.4. The Morgan fingerprint density at radius 3 is 2.55 bits per heavy atom. The summed E-state index contributed by atoms with van der Waals surface area (Å²) in [6.45, 7) is 0.775. The standard InChI is InChI=1S/C23H21NO5/c1-28-22(25)18-8-9-21(29-19-10-11-24(14-19)23(26)27)20(13-18)17-7-6-15-4-2-3-5-16(15)12-17/h2-9,12-13,19H,10-11,14H2,1H3,(H,26,27)/t19-/m0/s1. The molecule has 0 aliphatic carbocycles. The van der Waals surface area contributed by atoms with Crippen LogP contribution in [0, 0.1) is 0 Å². The highest BCUT2D eigenvalue weighted by Crippen LogP contribution is 2.34. The van der Waals surface area contributed by atoms with Crippen LogP contribution in [0.15, 0.2) is 60.7 Å². The van der Waals surface area contributed by atoms with Crippen LogP contribution in [-0.4, -0.2) is 48.4 Å². The predicted molar refractivity (Wildman–Crippen MR) is 109 cm³/mol. The third-order valence-corrected chi connectivity index (χ3v) is 5.17. The molecule has 3 aromatic rings. The van der Waals surface area contributed by atoms with Crippen molar-refractivity contribution in [3.05, 3.63) is 66.2 Å². The maximum Gasteiger partial charge on any atom is 0.407 e. The molecule has 0 aromatic heterocycles. The molecule has 3 aromatic carbocycles. The van der Waals surface area contributed by atoms with Gasteiger partial charge in [-0.1, -0.05) is 36.4 Å². The lowest BCUT2D eigenvalue weighted by atomic mass is 9.98. The fourth-order valence-electron chi connectivity index (χ4n) is 3.64. The third-order valence-electron chi connectivity index (χ3n) is 5.17. The molecule has 0 saturated carbocycles. The van der Waals surface area contributed by atoms with Crippen LogP contribution in [0.5, 0.6) is 5.75 Å². The summed E-state index contributed by atoms with van der Waals surface area (Å²) < 4.78 is 11.0. The normalized spacial score (nSPS) is 16.0. The molecule has 1 atom stereocenters. The highest BCUT2D eigenvalue weighted by Gasteiger charge is 2.28. The van der Waals surface area contributed by atoms with Crippen LogP contribution in [0.25, 0.3) is 21.9 Å². The van der Waals surface area contributed by atoms with Gasteiger partial charge in [0.2, 0.25) is 0 Å². The Kier molecular flexibility index (Phi) is 5.08. The van der Waals surface area contributed by atoms with Gasteiger partial charge in [0.1, 0.15) is 11.9 Å². The van der Waals surface area contributed by atoms with Crippen LogP contribution < -0.4 is 4.74 Å². The Morgan fingerprint density at radius 1 is 1.03 bits per heavy atom. The molecule has 6 nitrogen and oxygen atoms in total. The zero-order chi connectivity index (χ0) is 20.4. The van der Waals surface area contributed by atoms with E-state index < -0.39 is 12.1 Å². The Hall–Kier alpha value is -3.54. The molecule has 4 rings (SSSR count). The van der Waals surface area contributed by atoms with E-state index in [1.165, 1.54) is 12.0 Å². The maximum atomic E-state index is 12.0. The van der Waals surface area contributed by atoms with E-state index in [9.17, 15) is 14.7 Å². The van der Waals surface area contributed by atoms with Crippen molar-refractivity contribution in [2.75, 3.05) is 20.2 Å². The molecular formula is C23H21NO5. The van der Waals surface area contributed by atoms with Gasteiger partial charge in [-0.05, 0) is 40.6 Å². The van der Waals surface area contributed by atoms with Gasteiger partial charge >= 0.3 is 12.1 Å². The lowest BCUT2D eigenvalue weighted by Crippen LogP contribution is -2.29. The number of likely N-dealkylation sites (tertiary alicyclic amines) is 1. The van der Waals surface area contributed by atoms with E-state index in [1.807, 2.05) is 36.4 Å². The molecule has 0 bridgehead atoms. The first-order valence-electron chi connectivity index (χ1n) is 9.41. The van der Waals surface area contributed by atoms with Crippen molar-refractivity contribution in [3.63, 3.8) is 0 Å². The number of fused-ring (bicyclic) bond motifs is 1. The molecule has 0 spiro atoms. The van der Waals surface area contributed by atoms with E-state index in [4.69, 9.17) is 9.47 Å². The fourth-order valence-corrected chi connectivity index (χ4v) is 3.64. The molecule has 1 saturated heterocycles. The summed E-state index contributed by atoms with van der Waals surface area (Å²) in [5.74, 6) is 0.196. The highest BCUT2D eigenvalue weighted by molar-refractivity contribution is 5.93. The average Bonchev–Trinajstić information content (AvgIpc) is 3.22. The van der Waals surface area contributed by atoms with Crippen LogP contribution in [0.1, 0.15) is 16.8 Å². The largest absolute Gasteiger partial charge is 0.488 e. The summed E-state index contributed by atoms with van der Waals surface area (Å²) in [5.41, 5.74) is 2.12. The van der Waals surface area contributed by atoms with E-state index in [0.29, 0.717) is 30.8 Å². The molecule has 148 valence electrons. The quantitative estimate of drug-likeness (QED) is 0.666. The molecule has 29 heavy (non-hydrogen) atoms. The summed E-state index contributed by atoms with van der Waals surface area (Å²) in [7, 11) is 1.35. The third kappa shape index (κ3) is 3.87. The Morgan fingerprint density at radius 2 is 1.83 bits per heavy atom. The first kappa shape index (κ1) is 18.8. The van der Waals surface area contributed by atoms with Gasteiger partial charge in [0, 0.05) is 18.5 Å². The number of carboxylic acid groups (broad SMARTS) is 1. The Labute approximate surface area is 168 Å². The average molecular weight is 391 g/mol. The molecule has 1 N–H and O–H groups in total. The van der Waals surface area contributed by atoms with Gasteiger partial charge in [0.25, 0.3) is 0 Å². The number of carbonyl (C=O) groups excluding carboxylic acids is 1. The van der Waals surface area contributed by atoms with Crippen LogP contribution >= 0.6 is 0 Å². The van der Waals surface area contributed by atoms with Gasteiger partial charge in [-0.15, -0.1) is 0 Å². The van der Waals surface area contributed by atoms with Crippen LogP contribution in [0.3, 0.4) is 0 Å². The minimum atomic E-state index is -0.938. The van der Waals surface area contributed by atoms with E-state index in [1.54, 1.807) is 18.2 Å². The van der Waals surface area contributed by atoms with Crippen LogP contribution in [0.4, 0.5) is 4.79 Å². The zero-order valence-electron chi connectivity index (χ0n) is 16.0. The van der Waals surface area contributed by atoms with Gasteiger partial charge in [-0.25, -0.2) is 9.59 Å². The fraction of sp³-hybridized carbons (Fsp3) is 0.217. The number of nitrogens with zero attached hydrogens (tertiary/aromatic N) is 1. The molecule has 1 amide bonds. The predicted octanol–water partition coefficient (Wildman–Crippen LogP) is 4.42. The van der Waals surface area contributed by atoms with Crippen molar-refractivity contribution in [3.8, 4) is 16.9 Å². The first-order chi connectivity index (χ1) is 14.0. The second kappa shape index (κ2) is 7.83. The van der Waals surface area contributed by atoms with Gasteiger partial charge < -0.3 is 19.5 Å². The summed E-state index contributed by atoms with van der Waals surface area (Å²) in [6, 6.07) is 19.3. The number of hydrogen-bond donors (Lipinski definition) is 1. The van der Waals surface area contributed by atoms with Crippen molar-refractivity contribution in [2.24, 2.45) is 0 Å². The van der Waals surface area contributed by atoms with Gasteiger partial charge in [-0.2, -0.15) is 0 Å². The second-order valence-corrected chi connectivity index (χ2v) is 7.02. The molecule has 1 aliphatic heterocycles. The maximum absolute atomic E-state index is 12.0. The van der Waals surface area contributed by atoms with E-state index in [0.717, 1.165) is 21.9 Å². The van der Waals surface area contributed by atoms with Crippen molar-refractivity contribution < 1.29 is 24.2 Å². The number of esters is 1. The zero-order valence-corrected chi connectivity index (χ0v) is 16.0. The first-order valence-corrected chi connectivity index (χ1v) is 9.41. The van der Waals surface area contributed by atoms with E-state index >= 15 is 0 Å². The van der Waals surface area contributed by atoms with Crippen LogP contribution in [-0.2, 0) is 4.74 Å². The van der Waals surface area contributed by atoms with Crippen molar-refractivity contribution in [1.82, 2.24) is 4.90 Å². The number of methoxy groups -OCH3 is 1. The van der Waals surface area contributed by atoms with Gasteiger partial charge in [-0.3, -0.25) is 0 Å². The van der Waals surface area contributed by atoms with Crippen molar-refractivity contribution in [2.45, 2.75) is 12.5 Å². The van der Waals surface area contributed by atoms with Crippen LogP contribution in [0.2, 0.25) is 0 Å².